The van der Waals surface area contributed by atoms with Crippen LogP contribution < -0.4 is 5.73 Å². The van der Waals surface area contributed by atoms with Gasteiger partial charge < -0.3 is 10.6 Å². The van der Waals surface area contributed by atoms with Gasteiger partial charge >= 0.3 is 0 Å². The molecule has 3 heteroatoms. The van der Waals surface area contributed by atoms with Crippen LogP contribution in [0.1, 0.15) is 26.7 Å². The Bertz CT molecular complexity index is 143. The van der Waals surface area contributed by atoms with Crippen LogP contribution in [0.5, 0.6) is 0 Å². The number of hydrogen-bond acceptors (Lipinski definition) is 2. The van der Waals surface area contributed by atoms with Crippen molar-refractivity contribution in [3.63, 3.8) is 0 Å². The van der Waals surface area contributed by atoms with Gasteiger partial charge in [0, 0.05) is 26.1 Å². The van der Waals surface area contributed by atoms with Gasteiger partial charge in [0.05, 0.1) is 0 Å². The standard InChI is InChI=1S/C9H20N2O/c1-7(5-6-8(2)10)9(12)11(3)4/h7-8H,5-6,10H2,1-4H3/t7-,8-/m1/s1. The van der Waals surface area contributed by atoms with E-state index in [4.69, 9.17) is 5.73 Å². The summed E-state index contributed by atoms with van der Waals surface area (Å²) in [6, 6.07) is 0.197. The van der Waals surface area contributed by atoms with Crippen molar-refractivity contribution in [2.45, 2.75) is 32.7 Å². The summed E-state index contributed by atoms with van der Waals surface area (Å²) in [6.07, 6.45) is 1.80. The molecular weight excluding hydrogens is 152 g/mol. The number of amides is 1. The average molecular weight is 172 g/mol. The number of nitrogens with zero attached hydrogens (tertiary/aromatic N) is 1. The fraction of sp³-hybridized carbons (Fsp3) is 0.889. The lowest BCUT2D eigenvalue weighted by Gasteiger charge is -2.17. The van der Waals surface area contributed by atoms with E-state index in [-0.39, 0.29) is 17.9 Å². The van der Waals surface area contributed by atoms with Crippen molar-refractivity contribution in [3.05, 3.63) is 0 Å². The summed E-state index contributed by atoms with van der Waals surface area (Å²) in [5.41, 5.74) is 5.59. The number of hydrogen-bond donors (Lipinski definition) is 1. The van der Waals surface area contributed by atoms with Gasteiger partial charge in [0.15, 0.2) is 0 Å². The van der Waals surface area contributed by atoms with E-state index in [2.05, 4.69) is 0 Å². The molecule has 72 valence electrons. The topological polar surface area (TPSA) is 46.3 Å². The molecule has 0 radical (unpaired) electrons. The minimum Gasteiger partial charge on any atom is -0.349 e. The zero-order valence-corrected chi connectivity index (χ0v) is 8.50. The number of carbonyl (C=O) groups is 1. The molecule has 12 heavy (non-hydrogen) atoms. The zero-order chi connectivity index (χ0) is 9.72. The predicted molar refractivity (Wildman–Crippen MR) is 50.7 cm³/mol. The molecule has 0 aromatic heterocycles. The second kappa shape index (κ2) is 5.14. The Labute approximate surface area is 74.9 Å². The Morgan fingerprint density at radius 1 is 1.33 bits per heavy atom. The first kappa shape index (κ1) is 11.4. The number of rotatable bonds is 4. The van der Waals surface area contributed by atoms with Crippen molar-refractivity contribution in [2.75, 3.05) is 14.1 Å². The molecule has 0 spiro atoms. The van der Waals surface area contributed by atoms with Gasteiger partial charge in [-0.25, -0.2) is 0 Å². The Morgan fingerprint density at radius 3 is 2.17 bits per heavy atom. The van der Waals surface area contributed by atoms with Gasteiger partial charge in [0.1, 0.15) is 0 Å². The van der Waals surface area contributed by atoms with Crippen molar-refractivity contribution < 1.29 is 4.79 Å². The van der Waals surface area contributed by atoms with Crippen molar-refractivity contribution in [3.8, 4) is 0 Å². The lowest BCUT2D eigenvalue weighted by atomic mass is 10.0. The fourth-order valence-electron chi connectivity index (χ4n) is 1.08. The van der Waals surface area contributed by atoms with Crippen molar-refractivity contribution in [1.82, 2.24) is 4.90 Å². The van der Waals surface area contributed by atoms with E-state index in [1.165, 1.54) is 0 Å². The highest BCUT2D eigenvalue weighted by molar-refractivity contribution is 5.77. The number of nitrogens with two attached hydrogens (primary N) is 1. The lowest BCUT2D eigenvalue weighted by molar-refractivity contribution is -0.132. The smallest absolute Gasteiger partial charge is 0.224 e. The molecular formula is C9H20N2O. The Kier molecular flexibility index (Phi) is 4.90. The normalized spacial score (nSPS) is 15.4. The molecule has 3 nitrogen and oxygen atoms in total. The van der Waals surface area contributed by atoms with Gasteiger partial charge in [-0.3, -0.25) is 4.79 Å². The molecule has 0 bridgehead atoms. The monoisotopic (exact) mass is 172 g/mol. The van der Waals surface area contributed by atoms with Crippen LogP contribution in [0.3, 0.4) is 0 Å². The Balaban J connectivity index is 3.72. The Morgan fingerprint density at radius 2 is 1.83 bits per heavy atom. The molecule has 1 amide bonds. The third-order valence-corrected chi connectivity index (χ3v) is 1.92. The molecule has 2 atom stereocenters. The summed E-state index contributed by atoms with van der Waals surface area (Å²) in [7, 11) is 3.56. The molecule has 0 aromatic rings. The molecule has 2 N–H and O–H groups in total. The molecule has 0 aliphatic heterocycles. The first-order valence-corrected chi connectivity index (χ1v) is 4.42. The highest BCUT2D eigenvalue weighted by Gasteiger charge is 2.14. The van der Waals surface area contributed by atoms with E-state index < -0.39 is 0 Å². The highest BCUT2D eigenvalue weighted by Crippen LogP contribution is 2.08. The van der Waals surface area contributed by atoms with E-state index in [9.17, 15) is 4.79 Å². The van der Waals surface area contributed by atoms with Gasteiger partial charge in [-0.2, -0.15) is 0 Å². The van der Waals surface area contributed by atoms with E-state index >= 15 is 0 Å². The summed E-state index contributed by atoms with van der Waals surface area (Å²) in [6.45, 7) is 3.91. The first-order valence-electron chi connectivity index (χ1n) is 4.42. The largest absolute Gasteiger partial charge is 0.349 e. The lowest BCUT2D eigenvalue weighted by Crippen LogP contribution is -2.29. The van der Waals surface area contributed by atoms with E-state index in [0.29, 0.717) is 0 Å². The summed E-state index contributed by atoms with van der Waals surface area (Å²) in [5.74, 6) is 0.293. The van der Waals surface area contributed by atoms with E-state index in [0.717, 1.165) is 12.8 Å². The molecule has 0 aromatic carbocycles. The van der Waals surface area contributed by atoms with E-state index in [1.54, 1.807) is 19.0 Å². The zero-order valence-electron chi connectivity index (χ0n) is 8.50. The van der Waals surface area contributed by atoms with Crippen molar-refractivity contribution >= 4 is 5.91 Å². The molecule has 0 unspecified atom stereocenters. The molecule has 0 heterocycles. The first-order chi connectivity index (χ1) is 5.45. The van der Waals surface area contributed by atoms with Gasteiger partial charge in [0.2, 0.25) is 5.91 Å². The summed E-state index contributed by atoms with van der Waals surface area (Å²) in [5, 5.41) is 0. The number of carbonyl (C=O) groups excluding carboxylic acids is 1. The van der Waals surface area contributed by atoms with Crippen LogP contribution in [0.2, 0.25) is 0 Å². The molecule has 0 aliphatic carbocycles. The van der Waals surface area contributed by atoms with Crippen molar-refractivity contribution in [1.29, 1.82) is 0 Å². The maximum absolute atomic E-state index is 11.3. The van der Waals surface area contributed by atoms with Crippen LogP contribution >= 0.6 is 0 Å². The third-order valence-electron chi connectivity index (χ3n) is 1.92. The maximum Gasteiger partial charge on any atom is 0.224 e. The fourth-order valence-corrected chi connectivity index (χ4v) is 1.08. The van der Waals surface area contributed by atoms with Gasteiger partial charge in [-0.05, 0) is 19.8 Å². The minimum absolute atomic E-state index is 0.103. The minimum atomic E-state index is 0.103. The van der Waals surface area contributed by atoms with Crippen LogP contribution in [-0.4, -0.2) is 30.9 Å². The second-order valence-corrected chi connectivity index (χ2v) is 3.69. The van der Waals surface area contributed by atoms with Crippen LogP contribution in [0.4, 0.5) is 0 Å². The van der Waals surface area contributed by atoms with Gasteiger partial charge in [0.25, 0.3) is 0 Å². The molecule has 0 saturated heterocycles. The second-order valence-electron chi connectivity index (χ2n) is 3.69. The van der Waals surface area contributed by atoms with Crippen molar-refractivity contribution in [2.24, 2.45) is 11.7 Å². The SMILES string of the molecule is C[C@H](CC[C@@H](C)N)C(=O)N(C)C. The van der Waals surface area contributed by atoms with Crippen LogP contribution in [0, 0.1) is 5.92 Å². The van der Waals surface area contributed by atoms with Gasteiger partial charge in [-0.1, -0.05) is 6.92 Å². The Hall–Kier alpha value is -0.570. The highest BCUT2D eigenvalue weighted by atomic mass is 16.2. The summed E-state index contributed by atoms with van der Waals surface area (Å²) in [4.78, 5) is 13.0. The summed E-state index contributed by atoms with van der Waals surface area (Å²) < 4.78 is 0. The molecule has 0 saturated carbocycles. The van der Waals surface area contributed by atoms with Crippen LogP contribution in [0.15, 0.2) is 0 Å². The quantitative estimate of drug-likeness (QED) is 0.683. The summed E-state index contributed by atoms with van der Waals surface area (Å²) >= 11 is 0. The average Bonchev–Trinajstić information content (AvgIpc) is 1.98. The molecule has 0 aliphatic rings. The van der Waals surface area contributed by atoms with Crippen LogP contribution in [0.25, 0.3) is 0 Å². The van der Waals surface area contributed by atoms with Gasteiger partial charge in [-0.15, -0.1) is 0 Å². The third kappa shape index (κ3) is 4.34. The molecule has 0 rings (SSSR count). The maximum atomic E-state index is 11.3. The predicted octanol–water partition coefficient (Wildman–Crippen LogP) is 0.838. The van der Waals surface area contributed by atoms with E-state index in [1.807, 2.05) is 13.8 Å². The molecule has 0 fully saturated rings. The van der Waals surface area contributed by atoms with Crippen LogP contribution in [-0.2, 0) is 4.79 Å².